The highest BCUT2D eigenvalue weighted by Crippen LogP contribution is 2.15. The highest BCUT2D eigenvalue weighted by atomic mass is 16.5. The first-order valence-electron chi connectivity index (χ1n) is 7.93. The summed E-state index contributed by atoms with van der Waals surface area (Å²) in [4.78, 5) is 4.59. The fraction of sp³-hybridized carbons (Fsp3) is 0.611. The Bertz CT molecular complexity index is 435. The number of hydrogen-bond acceptors (Lipinski definition) is 3. The van der Waals surface area contributed by atoms with Crippen LogP contribution >= 0.6 is 0 Å². The van der Waals surface area contributed by atoms with Crippen LogP contribution in [0.15, 0.2) is 24.8 Å². The molecule has 0 aliphatic heterocycles. The molecule has 1 rings (SSSR count). The van der Waals surface area contributed by atoms with E-state index in [-0.39, 0.29) is 5.54 Å². The fourth-order valence-corrected chi connectivity index (χ4v) is 1.95. The van der Waals surface area contributed by atoms with Gasteiger partial charge in [-0.25, -0.2) is 4.98 Å². The van der Waals surface area contributed by atoms with Crippen LogP contribution in [0.5, 0.6) is 5.88 Å². The number of aromatic nitrogens is 1. The van der Waals surface area contributed by atoms with Gasteiger partial charge in [-0.05, 0) is 51.7 Å². The number of rotatable bonds is 9. The van der Waals surface area contributed by atoms with E-state index in [1.54, 1.807) is 0 Å². The maximum atomic E-state index is 5.78. The third kappa shape index (κ3) is 7.86. The van der Waals surface area contributed by atoms with Crippen LogP contribution in [0.4, 0.5) is 0 Å². The first-order chi connectivity index (χ1) is 9.94. The zero-order valence-electron chi connectivity index (χ0n) is 14.0. The minimum atomic E-state index is 0.110. The van der Waals surface area contributed by atoms with E-state index in [0.29, 0.717) is 6.61 Å². The molecule has 118 valence electrons. The van der Waals surface area contributed by atoms with E-state index in [9.17, 15) is 0 Å². The smallest absolute Gasteiger partial charge is 0.213 e. The fourth-order valence-electron chi connectivity index (χ4n) is 1.95. The van der Waals surface area contributed by atoms with Gasteiger partial charge in [-0.15, -0.1) is 6.58 Å². The normalized spacial score (nSPS) is 11.4. The molecule has 0 bridgehead atoms. The molecule has 21 heavy (non-hydrogen) atoms. The lowest BCUT2D eigenvalue weighted by molar-refractivity contribution is 0.298. The summed E-state index contributed by atoms with van der Waals surface area (Å²) < 4.78 is 5.78. The average molecular weight is 290 g/mol. The number of nitrogens with one attached hydrogen (secondary N) is 1. The number of allylic oxidation sites excluding steroid dienone is 1. The second-order valence-corrected chi connectivity index (χ2v) is 6.44. The van der Waals surface area contributed by atoms with Gasteiger partial charge in [-0.1, -0.05) is 19.4 Å². The quantitative estimate of drug-likeness (QED) is 0.545. The molecule has 0 saturated carbocycles. The summed E-state index contributed by atoms with van der Waals surface area (Å²) in [6.07, 6.45) is 5.97. The molecule has 0 atom stereocenters. The third-order valence-corrected chi connectivity index (χ3v) is 3.05. The first kappa shape index (κ1) is 17.7. The molecule has 0 aliphatic carbocycles. The molecule has 1 aromatic heterocycles. The molecule has 0 saturated heterocycles. The number of unbranched alkanes of at least 4 members (excludes halogenated alkanes) is 1. The molecule has 0 aromatic carbocycles. The van der Waals surface area contributed by atoms with Gasteiger partial charge >= 0.3 is 0 Å². The van der Waals surface area contributed by atoms with Crippen molar-refractivity contribution in [2.24, 2.45) is 0 Å². The Hall–Kier alpha value is -1.35. The molecule has 0 fully saturated rings. The van der Waals surface area contributed by atoms with Crippen molar-refractivity contribution in [3.63, 3.8) is 0 Å². The van der Waals surface area contributed by atoms with Crippen molar-refractivity contribution in [1.29, 1.82) is 0 Å². The molecular weight excluding hydrogens is 260 g/mol. The highest BCUT2D eigenvalue weighted by Gasteiger charge is 2.10. The summed E-state index contributed by atoms with van der Waals surface area (Å²) in [5.74, 6) is 0.746. The van der Waals surface area contributed by atoms with Crippen molar-refractivity contribution >= 4 is 0 Å². The van der Waals surface area contributed by atoms with Crippen LogP contribution < -0.4 is 10.1 Å². The lowest BCUT2D eigenvalue weighted by Gasteiger charge is -2.21. The minimum absolute atomic E-state index is 0.110. The molecule has 0 radical (unpaired) electrons. The zero-order valence-corrected chi connectivity index (χ0v) is 14.0. The van der Waals surface area contributed by atoms with Crippen LogP contribution in [0, 0.1) is 0 Å². The van der Waals surface area contributed by atoms with Gasteiger partial charge in [0.25, 0.3) is 0 Å². The predicted octanol–water partition coefficient (Wildman–Crippen LogP) is 4.27. The van der Waals surface area contributed by atoms with Crippen molar-refractivity contribution in [1.82, 2.24) is 10.3 Å². The molecule has 0 unspecified atom stereocenters. The third-order valence-electron chi connectivity index (χ3n) is 3.05. The molecule has 1 heterocycles. The SMILES string of the molecule is C=CCCCOc1cc(CNC(C)(C)C)cc(CCC)n1. The minimum Gasteiger partial charge on any atom is -0.478 e. The van der Waals surface area contributed by atoms with E-state index in [4.69, 9.17) is 4.74 Å². The Morgan fingerprint density at radius 2 is 2.10 bits per heavy atom. The zero-order chi connectivity index (χ0) is 15.7. The van der Waals surface area contributed by atoms with Gasteiger partial charge in [0.1, 0.15) is 0 Å². The van der Waals surface area contributed by atoms with Crippen molar-refractivity contribution in [3.8, 4) is 5.88 Å². The first-order valence-corrected chi connectivity index (χ1v) is 7.93. The Balaban J connectivity index is 2.72. The van der Waals surface area contributed by atoms with Gasteiger partial charge in [0.05, 0.1) is 6.61 Å². The molecule has 0 spiro atoms. The van der Waals surface area contributed by atoms with Gasteiger partial charge in [-0.3, -0.25) is 0 Å². The molecule has 1 aromatic rings. The monoisotopic (exact) mass is 290 g/mol. The summed E-state index contributed by atoms with van der Waals surface area (Å²) in [5, 5.41) is 3.51. The maximum Gasteiger partial charge on any atom is 0.213 e. The van der Waals surface area contributed by atoms with Crippen molar-refractivity contribution in [2.75, 3.05) is 6.61 Å². The van der Waals surface area contributed by atoms with Crippen LogP contribution in [-0.4, -0.2) is 17.1 Å². The summed E-state index contributed by atoms with van der Waals surface area (Å²) in [7, 11) is 0. The Morgan fingerprint density at radius 3 is 2.71 bits per heavy atom. The van der Waals surface area contributed by atoms with Crippen LogP contribution in [0.25, 0.3) is 0 Å². The molecule has 3 nitrogen and oxygen atoms in total. The van der Waals surface area contributed by atoms with Gasteiger partial charge in [-0.2, -0.15) is 0 Å². The number of ether oxygens (including phenoxy) is 1. The van der Waals surface area contributed by atoms with Gasteiger partial charge in [0, 0.05) is 23.8 Å². The molecule has 0 aliphatic rings. The van der Waals surface area contributed by atoms with Crippen LogP contribution in [-0.2, 0) is 13.0 Å². The largest absolute Gasteiger partial charge is 0.478 e. The number of nitrogens with zero attached hydrogens (tertiary/aromatic N) is 1. The average Bonchev–Trinajstić information content (AvgIpc) is 2.41. The van der Waals surface area contributed by atoms with Crippen LogP contribution in [0.3, 0.4) is 0 Å². The second-order valence-electron chi connectivity index (χ2n) is 6.44. The highest BCUT2D eigenvalue weighted by molar-refractivity contribution is 5.25. The summed E-state index contributed by atoms with van der Waals surface area (Å²) in [6.45, 7) is 14.0. The van der Waals surface area contributed by atoms with Gasteiger partial charge in [0.2, 0.25) is 5.88 Å². The van der Waals surface area contributed by atoms with Crippen molar-refractivity contribution in [2.45, 2.75) is 65.5 Å². The standard InChI is InChI=1S/C18H30N2O/c1-6-8-9-11-21-17-13-15(14-19-18(3,4)5)12-16(20-17)10-7-2/h6,12-13,19H,1,7-11,14H2,2-5H3. The Labute approximate surface area is 129 Å². The second kappa shape index (κ2) is 8.83. The van der Waals surface area contributed by atoms with Gasteiger partial charge < -0.3 is 10.1 Å². The summed E-state index contributed by atoms with van der Waals surface area (Å²) in [5.41, 5.74) is 2.46. The molecule has 3 heteroatoms. The van der Waals surface area contributed by atoms with E-state index in [2.05, 4.69) is 50.6 Å². The number of hydrogen-bond donors (Lipinski definition) is 1. The van der Waals surface area contributed by atoms with Crippen molar-refractivity contribution < 1.29 is 4.74 Å². The lowest BCUT2D eigenvalue weighted by atomic mass is 10.1. The van der Waals surface area contributed by atoms with Crippen LogP contribution in [0.2, 0.25) is 0 Å². The van der Waals surface area contributed by atoms with E-state index in [1.165, 1.54) is 5.56 Å². The number of aryl methyl sites for hydroxylation is 1. The molecular formula is C18H30N2O. The van der Waals surface area contributed by atoms with E-state index < -0.39 is 0 Å². The summed E-state index contributed by atoms with van der Waals surface area (Å²) in [6, 6.07) is 4.23. The van der Waals surface area contributed by atoms with Gasteiger partial charge in [0.15, 0.2) is 0 Å². The van der Waals surface area contributed by atoms with E-state index >= 15 is 0 Å². The molecule has 1 N–H and O–H groups in total. The van der Waals surface area contributed by atoms with Crippen LogP contribution in [0.1, 0.15) is 58.2 Å². The number of pyridine rings is 1. The summed E-state index contributed by atoms with van der Waals surface area (Å²) >= 11 is 0. The molecule has 0 amide bonds. The predicted molar refractivity (Wildman–Crippen MR) is 89.8 cm³/mol. The van der Waals surface area contributed by atoms with E-state index in [1.807, 2.05) is 12.1 Å². The van der Waals surface area contributed by atoms with E-state index in [0.717, 1.165) is 43.8 Å². The maximum absolute atomic E-state index is 5.78. The lowest BCUT2D eigenvalue weighted by Crippen LogP contribution is -2.35. The Kier molecular flexibility index (Phi) is 7.44. The van der Waals surface area contributed by atoms with Crippen molar-refractivity contribution in [3.05, 3.63) is 36.0 Å². The topological polar surface area (TPSA) is 34.1 Å². The Morgan fingerprint density at radius 1 is 1.33 bits per heavy atom.